The molecular weight excluding hydrogens is 264 g/mol. The van der Waals surface area contributed by atoms with Crippen molar-refractivity contribution in [2.75, 3.05) is 11.9 Å². The highest BCUT2D eigenvalue weighted by molar-refractivity contribution is 5.75. The van der Waals surface area contributed by atoms with Crippen molar-refractivity contribution in [2.45, 2.75) is 44.6 Å². The summed E-state index contributed by atoms with van der Waals surface area (Å²) >= 11 is 0. The Kier molecular flexibility index (Phi) is 4.32. The number of nitrogens with two attached hydrogens (primary N) is 1. The summed E-state index contributed by atoms with van der Waals surface area (Å²) in [6.45, 7) is -0.0728. The third-order valence-electron chi connectivity index (χ3n) is 4.59. The normalized spacial score (nSPS) is 25.3. The van der Waals surface area contributed by atoms with Crippen molar-refractivity contribution in [2.24, 2.45) is 17.6 Å². The minimum Gasteiger partial charge on any atom is -0.484 e. The molecule has 0 aliphatic heterocycles. The van der Waals surface area contributed by atoms with Crippen molar-refractivity contribution in [3.63, 3.8) is 0 Å². The first-order valence-electron chi connectivity index (χ1n) is 7.98. The summed E-state index contributed by atoms with van der Waals surface area (Å²) in [6.07, 6.45) is 8.15. The lowest BCUT2D eigenvalue weighted by atomic mass is 9.82. The summed E-state index contributed by atoms with van der Waals surface area (Å²) in [7, 11) is 0. The minimum absolute atomic E-state index is 0.0728. The number of carbonyl (C=O) groups excluding carboxylic acids is 1. The number of primary amides is 1. The SMILES string of the molecule is NC(=O)COc1cccc(NC2CCCC(C3CC3)C2)c1. The van der Waals surface area contributed by atoms with Gasteiger partial charge in [0.1, 0.15) is 5.75 Å². The van der Waals surface area contributed by atoms with Gasteiger partial charge in [-0.1, -0.05) is 18.9 Å². The summed E-state index contributed by atoms with van der Waals surface area (Å²) in [6, 6.07) is 8.36. The fraction of sp³-hybridized carbons (Fsp3) is 0.588. The monoisotopic (exact) mass is 288 g/mol. The minimum atomic E-state index is -0.451. The largest absolute Gasteiger partial charge is 0.484 e. The molecule has 21 heavy (non-hydrogen) atoms. The standard InChI is InChI=1S/C17H24N2O2/c18-17(20)11-21-16-6-2-5-15(10-16)19-14-4-1-3-13(9-14)12-7-8-12/h2,5-6,10,12-14,19H,1,3-4,7-9,11H2,(H2,18,20). The summed E-state index contributed by atoms with van der Waals surface area (Å²) < 4.78 is 5.35. The fourth-order valence-corrected chi connectivity index (χ4v) is 3.42. The van der Waals surface area contributed by atoms with Crippen LogP contribution in [0, 0.1) is 11.8 Å². The molecule has 2 unspecified atom stereocenters. The Morgan fingerprint density at radius 1 is 1.24 bits per heavy atom. The molecule has 0 radical (unpaired) electrons. The second-order valence-electron chi connectivity index (χ2n) is 6.39. The van der Waals surface area contributed by atoms with E-state index in [9.17, 15) is 4.79 Å². The first-order chi connectivity index (χ1) is 10.2. The van der Waals surface area contributed by atoms with E-state index in [1.165, 1.54) is 38.5 Å². The van der Waals surface area contributed by atoms with E-state index in [0.717, 1.165) is 17.5 Å². The van der Waals surface area contributed by atoms with E-state index < -0.39 is 5.91 Å². The molecule has 2 saturated carbocycles. The molecule has 1 aromatic rings. The van der Waals surface area contributed by atoms with Gasteiger partial charge in [-0.15, -0.1) is 0 Å². The maximum absolute atomic E-state index is 10.8. The highest BCUT2D eigenvalue weighted by atomic mass is 16.5. The van der Waals surface area contributed by atoms with E-state index in [-0.39, 0.29) is 6.61 Å². The Balaban J connectivity index is 1.56. The van der Waals surface area contributed by atoms with Crippen molar-refractivity contribution in [3.05, 3.63) is 24.3 Å². The molecule has 114 valence electrons. The Hall–Kier alpha value is -1.71. The summed E-state index contributed by atoms with van der Waals surface area (Å²) in [5.74, 6) is 2.16. The Bertz CT molecular complexity index is 499. The van der Waals surface area contributed by atoms with E-state index in [2.05, 4.69) is 11.4 Å². The molecule has 0 bridgehead atoms. The lowest BCUT2D eigenvalue weighted by molar-refractivity contribution is -0.119. The molecule has 2 atom stereocenters. The third-order valence-corrected chi connectivity index (χ3v) is 4.59. The van der Waals surface area contributed by atoms with Gasteiger partial charge >= 0.3 is 0 Å². The molecule has 0 spiro atoms. The summed E-state index contributed by atoms with van der Waals surface area (Å²) in [5, 5.41) is 3.63. The Labute approximate surface area is 126 Å². The topological polar surface area (TPSA) is 64.4 Å². The predicted octanol–water partition coefficient (Wildman–Crippen LogP) is 2.93. The number of benzene rings is 1. The molecule has 0 aromatic heterocycles. The van der Waals surface area contributed by atoms with Crippen LogP contribution in [0.2, 0.25) is 0 Å². The average Bonchev–Trinajstić information content (AvgIpc) is 3.30. The van der Waals surface area contributed by atoms with Gasteiger partial charge in [0, 0.05) is 17.8 Å². The lowest BCUT2D eigenvalue weighted by Crippen LogP contribution is -2.28. The third kappa shape index (κ3) is 4.13. The quantitative estimate of drug-likeness (QED) is 0.846. The predicted molar refractivity (Wildman–Crippen MR) is 83.2 cm³/mol. The van der Waals surface area contributed by atoms with Crippen molar-refractivity contribution < 1.29 is 9.53 Å². The maximum atomic E-state index is 10.8. The first kappa shape index (κ1) is 14.2. The zero-order valence-electron chi connectivity index (χ0n) is 12.4. The number of ether oxygens (including phenoxy) is 1. The molecule has 2 aliphatic carbocycles. The van der Waals surface area contributed by atoms with Crippen molar-refractivity contribution in [3.8, 4) is 5.75 Å². The van der Waals surface area contributed by atoms with Crippen LogP contribution in [0.25, 0.3) is 0 Å². The van der Waals surface area contributed by atoms with Crippen molar-refractivity contribution in [1.29, 1.82) is 0 Å². The molecule has 3 N–H and O–H groups in total. The highest BCUT2D eigenvalue weighted by Crippen LogP contribution is 2.44. The summed E-state index contributed by atoms with van der Waals surface area (Å²) in [4.78, 5) is 10.8. The van der Waals surface area contributed by atoms with Gasteiger partial charge < -0.3 is 15.8 Å². The van der Waals surface area contributed by atoms with Gasteiger partial charge in [-0.2, -0.15) is 0 Å². The van der Waals surface area contributed by atoms with Gasteiger partial charge in [0.2, 0.25) is 0 Å². The number of hydrogen-bond acceptors (Lipinski definition) is 3. The molecule has 4 nitrogen and oxygen atoms in total. The highest BCUT2D eigenvalue weighted by Gasteiger charge is 2.34. The van der Waals surface area contributed by atoms with Crippen LogP contribution < -0.4 is 15.8 Å². The molecule has 3 rings (SSSR count). The van der Waals surface area contributed by atoms with E-state index >= 15 is 0 Å². The van der Waals surface area contributed by atoms with Crippen molar-refractivity contribution in [1.82, 2.24) is 0 Å². The molecule has 1 aromatic carbocycles. The molecule has 2 fully saturated rings. The zero-order valence-corrected chi connectivity index (χ0v) is 12.4. The zero-order chi connectivity index (χ0) is 14.7. The number of hydrogen-bond donors (Lipinski definition) is 2. The van der Waals surface area contributed by atoms with Crippen LogP contribution in [0.4, 0.5) is 5.69 Å². The Morgan fingerprint density at radius 3 is 2.86 bits per heavy atom. The molecule has 1 amide bonds. The number of rotatable bonds is 6. The second kappa shape index (κ2) is 6.37. The van der Waals surface area contributed by atoms with Gasteiger partial charge in [-0.25, -0.2) is 0 Å². The van der Waals surface area contributed by atoms with Gasteiger partial charge in [0.15, 0.2) is 6.61 Å². The van der Waals surface area contributed by atoms with Crippen LogP contribution in [0.15, 0.2) is 24.3 Å². The lowest BCUT2D eigenvalue weighted by Gasteiger charge is -2.30. The molecule has 0 heterocycles. The number of carbonyl (C=O) groups is 1. The van der Waals surface area contributed by atoms with E-state index in [4.69, 9.17) is 10.5 Å². The number of amides is 1. The number of anilines is 1. The van der Waals surface area contributed by atoms with E-state index in [1.54, 1.807) is 0 Å². The molecule has 0 saturated heterocycles. The van der Waals surface area contributed by atoms with Crippen LogP contribution in [0.5, 0.6) is 5.75 Å². The fourth-order valence-electron chi connectivity index (χ4n) is 3.42. The van der Waals surface area contributed by atoms with Crippen molar-refractivity contribution >= 4 is 11.6 Å². The van der Waals surface area contributed by atoms with Crippen LogP contribution in [0.3, 0.4) is 0 Å². The molecule has 2 aliphatic rings. The van der Waals surface area contributed by atoms with Gasteiger partial charge in [-0.05, 0) is 49.7 Å². The van der Waals surface area contributed by atoms with Gasteiger partial charge in [-0.3, -0.25) is 4.79 Å². The van der Waals surface area contributed by atoms with Crippen LogP contribution in [-0.4, -0.2) is 18.6 Å². The summed E-state index contributed by atoms with van der Waals surface area (Å²) in [5.41, 5.74) is 6.17. The molecule has 4 heteroatoms. The first-order valence-corrected chi connectivity index (χ1v) is 7.98. The van der Waals surface area contributed by atoms with E-state index in [0.29, 0.717) is 11.8 Å². The smallest absolute Gasteiger partial charge is 0.255 e. The average molecular weight is 288 g/mol. The van der Waals surface area contributed by atoms with Gasteiger partial charge in [0.05, 0.1) is 0 Å². The van der Waals surface area contributed by atoms with Crippen LogP contribution in [0.1, 0.15) is 38.5 Å². The second-order valence-corrected chi connectivity index (χ2v) is 6.39. The van der Waals surface area contributed by atoms with Gasteiger partial charge in [0.25, 0.3) is 5.91 Å². The van der Waals surface area contributed by atoms with Crippen LogP contribution >= 0.6 is 0 Å². The van der Waals surface area contributed by atoms with E-state index in [1.807, 2.05) is 18.2 Å². The maximum Gasteiger partial charge on any atom is 0.255 e. The molecular formula is C17H24N2O2. The Morgan fingerprint density at radius 2 is 2.10 bits per heavy atom. The number of nitrogens with one attached hydrogen (secondary N) is 1. The van der Waals surface area contributed by atoms with Crippen LogP contribution in [-0.2, 0) is 4.79 Å².